The molecule has 110 valence electrons. The van der Waals surface area contributed by atoms with E-state index in [9.17, 15) is 17.2 Å². The van der Waals surface area contributed by atoms with Crippen LogP contribution in [0.4, 0.5) is 20.2 Å². The molecule has 0 atom stereocenters. The van der Waals surface area contributed by atoms with Crippen molar-refractivity contribution in [3.05, 3.63) is 48.0 Å². The first-order chi connectivity index (χ1) is 9.77. The van der Waals surface area contributed by atoms with Crippen molar-refractivity contribution in [1.29, 1.82) is 0 Å². The highest BCUT2D eigenvalue weighted by Gasteiger charge is 2.10. The maximum absolute atomic E-state index is 13.4. The topological polar surface area (TPSA) is 99.3 Å². The minimum Gasteiger partial charge on any atom is -0.505 e. The maximum atomic E-state index is 13.4. The second-order valence-electron chi connectivity index (χ2n) is 3.92. The zero-order chi connectivity index (χ0) is 15.6. The fraction of sp³-hybridized carbons (Fsp3) is 0. The molecule has 0 bridgehead atoms. The van der Waals surface area contributed by atoms with Crippen molar-refractivity contribution in [1.82, 2.24) is 0 Å². The first-order valence-corrected chi connectivity index (χ1v) is 6.88. The largest absolute Gasteiger partial charge is 0.505 e. The summed E-state index contributed by atoms with van der Waals surface area (Å²) in [5, 5.41) is 16.0. The Balaban J connectivity index is 2.28. The van der Waals surface area contributed by atoms with Crippen molar-refractivity contribution in [3.63, 3.8) is 0 Å². The third-order valence-electron chi connectivity index (χ3n) is 2.42. The quantitative estimate of drug-likeness (QED) is 0.670. The summed E-state index contributed by atoms with van der Waals surface area (Å²) in [5.41, 5.74) is -0.264. The summed E-state index contributed by atoms with van der Waals surface area (Å²) >= 11 is 0. The molecule has 0 aliphatic heterocycles. The van der Waals surface area contributed by atoms with Gasteiger partial charge in [0.25, 0.3) is 10.1 Å². The van der Waals surface area contributed by atoms with Gasteiger partial charge in [-0.3, -0.25) is 4.55 Å². The van der Waals surface area contributed by atoms with Crippen LogP contribution in [0.15, 0.2) is 51.5 Å². The van der Waals surface area contributed by atoms with E-state index in [-0.39, 0.29) is 10.6 Å². The van der Waals surface area contributed by atoms with Crippen LogP contribution < -0.4 is 0 Å². The summed E-state index contributed by atoms with van der Waals surface area (Å²) < 4.78 is 56.8. The number of phenols is 1. The molecule has 0 aromatic heterocycles. The van der Waals surface area contributed by atoms with Crippen molar-refractivity contribution >= 4 is 21.5 Å². The van der Waals surface area contributed by atoms with E-state index in [0.29, 0.717) is 12.1 Å². The summed E-state index contributed by atoms with van der Waals surface area (Å²) in [6, 6.07) is 5.84. The van der Waals surface area contributed by atoms with Crippen molar-refractivity contribution in [2.45, 2.75) is 4.90 Å². The third kappa shape index (κ3) is 3.58. The molecule has 2 aromatic rings. The predicted octanol–water partition coefficient (Wildman–Crippen LogP) is 3.33. The van der Waals surface area contributed by atoms with Gasteiger partial charge in [0.1, 0.15) is 5.69 Å². The zero-order valence-corrected chi connectivity index (χ0v) is 11.1. The standard InChI is InChI=1S/C12H8F2N2O4S/c13-9-6-12(17)10(14)5-11(9)16-15-7-1-3-8(4-2-7)21(18,19)20/h1-6,17H,(H,18,19,20). The number of hydrogen-bond acceptors (Lipinski definition) is 5. The van der Waals surface area contributed by atoms with Crippen LogP contribution in [0.25, 0.3) is 0 Å². The maximum Gasteiger partial charge on any atom is 0.294 e. The van der Waals surface area contributed by atoms with Crippen molar-refractivity contribution < 1.29 is 26.9 Å². The van der Waals surface area contributed by atoms with E-state index in [4.69, 9.17) is 9.66 Å². The highest BCUT2D eigenvalue weighted by Crippen LogP contribution is 2.27. The molecule has 0 fully saturated rings. The van der Waals surface area contributed by atoms with Gasteiger partial charge in [-0.1, -0.05) is 0 Å². The van der Waals surface area contributed by atoms with Crippen LogP contribution in [0, 0.1) is 11.6 Å². The van der Waals surface area contributed by atoms with E-state index in [1.807, 2.05) is 0 Å². The van der Waals surface area contributed by atoms with E-state index >= 15 is 0 Å². The minimum absolute atomic E-state index is 0.162. The fourth-order valence-electron chi connectivity index (χ4n) is 1.40. The highest BCUT2D eigenvalue weighted by molar-refractivity contribution is 7.85. The van der Waals surface area contributed by atoms with Gasteiger partial charge < -0.3 is 5.11 Å². The Hall–Kier alpha value is -2.39. The molecule has 6 nitrogen and oxygen atoms in total. The second-order valence-corrected chi connectivity index (χ2v) is 5.35. The lowest BCUT2D eigenvalue weighted by Crippen LogP contribution is -1.96. The molecule has 9 heteroatoms. The van der Waals surface area contributed by atoms with Crippen LogP contribution in [0.1, 0.15) is 0 Å². The molecular weight excluding hydrogens is 306 g/mol. The summed E-state index contributed by atoms with van der Waals surface area (Å²) in [7, 11) is -4.31. The number of azo groups is 1. The van der Waals surface area contributed by atoms with Gasteiger partial charge in [0, 0.05) is 12.1 Å². The molecule has 2 aromatic carbocycles. The molecule has 0 aliphatic rings. The van der Waals surface area contributed by atoms with Crippen LogP contribution in [0.5, 0.6) is 5.75 Å². The normalized spacial score (nSPS) is 12.0. The monoisotopic (exact) mass is 314 g/mol. The lowest BCUT2D eigenvalue weighted by Gasteiger charge is -1.99. The first-order valence-electron chi connectivity index (χ1n) is 5.44. The lowest BCUT2D eigenvalue weighted by atomic mass is 10.3. The third-order valence-corrected chi connectivity index (χ3v) is 3.29. The SMILES string of the molecule is O=S(=O)(O)c1ccc(N=Nc2cc(F)c(O)cc2F)cc1. The molecule has 2 N–H and O–H groups in total. The molecule has 0 unspecified atom stereocenters. The lowest BCUT2D eigenvalue weighted by molar-refractivity contribution is 0.427. The Labute approximate surface area is 118 Å². The number of aromatic hydroxyl groups is 1. The van der Waals surface area contributed by atoms with Gasteiger partial charge in [-0.2, -0.15) is 13.5 Å². The molecule has 0 aliphatic carbocycles. The average molecular weight is 314 g/mol. The summed E-state index contributed by atoms with van der Waals surface area (Å²) in [6.07, 6.45) is 0. The molecular formula is C12H8F2N2O4S. The van der Waals surface area contributed by atoms with Crippen LogP contribution in [0.2, 0.25) is 0 Å². The smallest absolute Gasteiger partial charge is 0.294 e. The number of halogens is 2. The number of hydrogen-bond donors (Lipinski definition) is 2. The number of nitrogens with zero attached hydrogens (tertiary/aromatic N) is 2. The van der Waals surface area contributed by atoms with Crippen LogP contribution in [-0.4, -0.2) is 18.1 Å². The van der Waals surface area contributed by atoms with E-state index < -0.39 is 33.2 Å². The van der Waals surface area contributed by atoms with Gasteiger partial charge >= 0.3 is 0 Å². The van der Waals surface area contributed by atoms with Gasteiger partial charge in [-0.25, -0.2) is 8.78 Å². The Morgan fingerprint density at radius 3 is 2.14 bits per heavy atom. The summed E-state index contributed by atoms with van der Waals surface area (Å²) in [4.78, 5) is -0.330. The molecule has 0 amide bonds. The molecule has 2 rings (SSSR count). The first kappa shape index (κ1) is 15.0. The van der Waals surface area contributed by atoms with Crippen LogP contribution in [0.3, 0.4) is 0 Å². The number of phenolic OH excluding ortho intramolecular Hbond substituents is 1. The molecule has 0 saturated heterocycles. The highest BCUT2D eigenvalue weighted by atomic mass is 32.2. The van der Waals surface area contributed by atoms with Crippen LogP contribution in [-0.2, 0) is 10.1 Å². The molecule has 0 spiro atoms. The summed E-state index contributed by atoms with van der Waals surface area (Å²) in [5.74, 6) is -2.86. The second kappa shape index (κ2) is 5.54. The van der Waals surface area contributed by atoms with Gasteiger partial charge in [-0.05, 0) is 24.3 Å². The Morgan fingerprint density at radius 1 is 0.952 bits per heavy atom. The van der Waals surface area contributed by atoms with Gasteiger partial charge in [0.15, 0.2) is 17.4 Å². The Kier molecular flexibility index (Phi) is 3.96. The molecule has 21 heavy (non-hydrogen) atoms. The predicted molar refractivity (Wildman–Crippen MR) is 68.5 cm³/mol. The van der Waals surface area contributed by atoms with Gasteiger partial charge in [0.2, 0.25) is 0 Å². The summed E-state index contributed by atoms with van der Waals surface area (Å²) in [6.45, 7) is 0. The van der Waals surface area contributed by atoms with E-state index in [1.54, 1.807) is 0 Å². The average Bonchev–Trinajstić information content (AvgIpc) is 2.41. The van der Waals surface area contributed by atoms with E-state index in [0.717, 1.165) is 12.1 Å². The Morgan fingerprint density at radius 2 is 1.57 bits per heavy atom. The molecule has 0 saturated carbocycles. The molecule has 0 heterocycles. The Bertz CT molecular complexity index is 805. The van der Waals surface area contributed by atoms with Crippen LogP contribution >= 0.6 is 0 Å². The van der Waals surface area contributed by atoms with Gasteiger partial charge in [0.05, 0.1) is 10.6 Å². The molecule has 0 radical (unpaired) electrons. The number of rotatable bonds is 3. The zero-order valence-electron chi connectivity index (χ0n) is 10.2. The fourth-order valence-corrected chi connectivity index (χ4v) is 1.88. The van der Waals surface area contributed by atoms with Gasteiger partial charge in [-0.15, -0.1) is 5.11 Å². The van der Waals surface area contributed by atoms with Crippen molar-refractivity contribution in [2.24, 2.45) is 10.2 Å². The van der Waals surface area contributed by atoms with E-state index in [1.165, 1.54) is 12.1 Å². The minimum atomic E-state index is -4.31. The van der Waals surface area contributed by atoms with E-state index in [2.05, 4.69) is 10.2 Å². The van der Waals surface area contributed by atoms with Crippen molar-refractivity contribution in [3.8, 4) is 5.75 Å². The van der Waals surface area contributed by atoms with Crippen molar-refractivity contribution in [2.75, 3.05) is 0 Å². The number of benzene rings is 2.